The van der Waals surface area contributed by atoms with Gasteiger partial charge in [0.15, 0.2) is 0 Å². The second-order valence-electron chi connectivity index (χ2n) is 4.47. The maximum Gasteiger partial charge on any atom is -0.0281 e. The second kappa shape index (κ2) is 12.3. The number of hydrogen-bond acceptors (Lipinski definition) is 0. The van der Waals surface area contributed by atoms with Crippen molar-refractivity contribution in [1.29, 1.82) is 0 Å². The molecule has 0 fully saturated rings. The highest BCUT2D eigenvalue weighted by molar-refractivity contribution is 5.21. The van der Waals surface area contributed by atoms with Crippen molar-refractivity contribution in [2.75, 3.05) is 0 Å². The predicted octanol–water partition coefficient (Wildman–Crippen LogP) is 5.64. The molecule has 0 atom stereocenters. The standard InChI is InChI=1S/C10H14.C4H10.C2H6/c1-3-4-10-7-5-9(2)6-8-10;1-4(2)3;1-2/h5-8H,3-4H2,1-2H3;4H,1-3H3;1-2H3. The molecular weight excluding hydrogens is 192 g/mol. The van der Waals surface area contributed by atoms with Gasteiger partial charge in [0, 0.05) is 0 Å². The molecule has 0 nitrogen and oxygen atoms in total. The SMILES string of the molecule is CC.CC(C)C.CCCc1ccc(C)cc1. The van der Waals surface area contributed by atoms with E-state index in [1.807, 2.05) is 13.8 Å². The predicted molar refractivity (Wildman–Crippen MR) is 77.0 cm³/mol. The first kappa shape index (κ1) is 17.6. The minimum atomic E-state index is 0.833. The molecule has 0 saturated carbocycles. The van der Waals surface area contributed by atoms with Crippen molar-refractivity contribution in [2.24, 2.45) is 5.92 Å². The first-order valence-corrected chi connectivity index (χ1v) is 6.61. The van der Waals surface area contributed by atoms with Crippen LogP contribution >= 0.6 is 0 Å². The van der Waals surface area contributed by atoms with E-state index >= 15 is 0 Å². The van der Waals surface area contributed by atoms with Crippen LogP contribution in [0, 0.1) is 12.8 Å². The summed E-state index contributed by atoms with van der Waals surface area (Å²) in [4.78, 5) is 0. The van der Waals surface area contributed by atoms with Gasteiger partial charge in [-0.05, 0) is 24.8 Å². The van der Waals surface area contributed by atoms with Crippen LogP contribution in [0.25, 0.3) is 0 Å². The summed E-state index contributed by atoms with van der Waals surface area (Å²) >= 11 is 0. The summed E-state index contributed by atoms with van der Waals surface area (Å²) in [5.74, 6) is 0.833. The molecule has 0 amide bonds. The van der Waals surface area contributed by atoms with Gasteiger partial charge in [-0.3, -0.25) is 0 Å². The van der Waals surface area contributed by atoms with Gasteiger partial charge in [-0.25, -0.2) is 0 Å². The third kappa shape index (κ3) is 13.2. The molecular formula is C16H30. The summed E-state index contributed by atoms with van der Waals surface area (Å²) in [6.45, 7) is 14.8. The summed E-state index contributed by atoms with van der Waals surface area (Å²) in [5, 5.41) is 0. The third-order valence-corrected chi connectivity index (χ3v) is 1.66. The molecule has 0 aliphatic heterocycles. The average molecular weight is 222 g/mol. The van der Waals surface area contributed by atoms with Crippen LogP contribution in [0.5, 0.6) is 0 Å². The van der Waals surface area contributed by atoms with Crippen molar-refractivity contribution in [1.82, 2.24) is 0 Å². The molecule has 0 N–H and O–H groups in total. The quantitative estimate of drug-likeness (QED) is 0.608. The van der Waals surface area contributed by atoms with Gasteiger partial charge in [-0.15, -0.1) is 0 Å². The summed E-state index contributed by atoms with van der Waals surface area (Å²) in [6, 6.07) is 8.76. The Bertz CT molecular complexity index is 216. The minimum Gasteiger partial charge on any atom is -0.0683 e. The Hall–Kier alpha value is -0.780. The fraction of sp³-hybridized carbons (Fsp3) is 0.625. The van der Waals surface area contributed by atoms with Gasteiger partial charge in [-0.1, -0.05) is 77.8 Å². The fourth-order valence-corrected chi connectivity index (χ4v) is 1.04. The van der Waals surface area contributed by atoms with Gasteiger partial charge in [0.25, 0.3) is 0 Å². The second-order valence-corrected chi connectivity index (χ2v) is 4.47. The minimum absolute atomic E-state index is 0.833. The average Bonchev–Trinajstić information content (AvgIpc) is 2.24. The van der Waals surface area contributed by atoms with E-state index in [2.05, 4.69) is 58.9 Å². The summed E-state index contributed by atoms with van der Waals surface area (Å²) in [7, 11) is 0. The Kier molecular flexibility index (Phi) is 13.5. The Labute approximate surface area is 103 Å². The van der Waals surface area contributed by atoms with Crippen molar-refractivity contribution >= 4 is 0 Å². The molecule has 0 radical (unpaired) electrons. The van der Waals surface area contributed by atoms with E-state index in [1.165, 1.54) is 24.0 Å². The van der Waals surface area contributed by atoms with Crippen molar-refractivity contribution in [3.8, 4) is 0 Å². The van der Waals surface area contributed by atoms with Crippen LogP contribution in [0.15, 0.2) is 24.3 Å². The van der Waals surface area contributed by atoms with Gasteiger partial charge in [0.05, 0.1) is 0 Å². The lowest BCUT2D eigenvalue weighted by molar-refractivity contribution is 0.737. The summed E-state index contributed by atoms with van der Waals surface area (Å²) in [5.41, 5.74) is 2.80. The van der Waals surface area contributed by atoms with Gasteiger partial charge in [-0.2, -0.15) is 0 Å². The van der Waals surface area contributed by atoms with Crippen LogP contribution in [-0.2, 0) is 6.42 Å². The maximum atomic E-state index is 2.21. The number of rotatable bonds is 2. The molecule has 0 aromatic heterocycles. The van der Waals surface area contributed by atoms with Crippen LogP contribution in [0.1, 0.15) is 59.1 Å². The third-order valence-electron chi connectivity index (χ3n) is 1.66. The van der Waals surface area contributed by atoms with Crippen LogP contribution < -0.4 is 0 Å². The lowest BCUT2D eigenvalue weighted by atomic mass is 10.1. The van der Waals surface area contributed by atoms with Crippen LogP contribution in [0.3, 0.4) is 0 Å². The number of aryl methyl sites for hydroxylation is 2. The van der Waals surface area contributed by atoms with Gasteiger partial charge >= 0.3 is 0 Å². The van der Waals surface area contributed by atoms with E-state index in [9.17, 15) is 0 Å². The Morgan fingerprint density at radius 2 is 1.31 bits per heavy atom. The van der Waals surface area contributed by atoms with E-state index in [0.29, 0.717) is 0 Å². The molecule has 0 aliphatic rings. The fourth-order valence-electron chi connectivity index (χ4n) is 1.04. The van der Waals surface area contributed by atoms with Gasteiger partial charge in [0.1, 0.15) is 0 Å². The van der Waals surface area contributed by atoms with E-state index in [-0.39, 0.29) is 0 Å². The zero-order chi connectivity index (χ0) is 13.0. The molecule has 0 aliphatic carbocycles. The lowest BCUT2D eigenvalue weighted by Crippen LogP contribution is -1.81. The van der Waals surface area contributed by atoms with E-state index in [1.54, 1.807) is 0 Å². The smallest absolute Gasteiger partial charge is 0.0281 e. The Balaban J connectivity index is 0. The normalized spacial score (nSPS) is 8.75. The first-order valence-electron chi connectivity index (χ1n) is 6.61. The maximum absolute atomic E-state index is 2.21. The molecule has 1 rings (SSSR count). The monoisotopic (exact) mass is 222 g/mol. The number of hydrogen-bond donors (Lipinski definition) is 0. The van der Waals surface area contributed by atoms with E-state index < -0.39 is 0 Å². The topological polar surface area (TPSA) is 0 Å². The van der Waals surface area contributed by atoms with Crippen LogP contribution in [0.4, 0.5) is 0 Å². The van der Waals surface area contributed by atoms with Crippen molar-refractivity contribution in [2.45, 2.75) is 61.3 Å². The molecule has 0 spiro atoms. The Morgan fingerprint density at radius 1 is 0.938 bits per heavy atom. The largest absolute Gasteiger partial charge is 0.0683 e. The molecule has 0 heteroatoms. The number of benzene rings is 1. The molecule has 1 aromatic carbocycles. The summed E-state index contributed by atoms with van der Waals surface area (Å²) in [6.07, 6.45) is 2.45. The zero-order valence-corrected chi connectivity index (χ0v) is 12.3. The van der Waals surface area contributed by atoms with Gasteiger partial charge in [0.2, 0.25) is 0 Å². The van der Waals surface area contributed by atoms with Crippen molar-refractivity contribution < 1.29 is 0 Å². The molecule has 1 aromatic rings. The van der Waals surface area contributed by atoms with Crippen LogP contribution in [0.2, 0.25) is 0 Å². The molecule has 0 unspecified atom stereocenters. The molecule has 0 bridgehead atoms. The van der Waals surface area contributed by atoms with Gasteiger partial charge < -0.3 is 0 Å². The highest BCUT2D eigenvalue weighted by Gasteiger charge is 1.88. The van der Waals surface area contributed by atoms with Crippen LogP contribution in [-0.4, -0.2) is 0 Å². The lowest BCUT2D eigenvalue weighted by Gasteiger charge is -1.97. The molecule has 0 saturated heterocycles. The molecule has 16 heavy (non-hydrogen) atoms. The summed E-state index contributed by atoms with van der Waals surface area (Å²) < 4.78 is 0. The first-order chi connectivity index (χ1) is 7.56. The zero-order valence-electron chi connectivity index (χ0n) is 12.3. The highest BCUT2D eigenvalue weighted by atomic mass is 13.9. The van der Waals surface area contributed by atoms with E-state index in [0.717, 1.165) is 5.92 Å². The molecule has 94 valence electrons. The van der Waals surface area contributed by atoms with E-state index in [4.69, 9.17) is 0 Å². The van der Waals surface area contributed by atoms with Crippen molar-refractivity contribution in [3.63, 3.8) is 0 Å². The Morgan fingerprint density at radius 3 is 1.62 bits per heavy atom. The van der Waals surface area contributed by atoms with Crippen molar-refractivity contribution in [3.05, 3.63) is 35.4 Å². The molecule has 0 heterocycles. The highest BCUT2D eigenvalue weighted by Crippen LogP contribution is 2.04.